The topological polar surface area (TPSA) is 60.9 Å². The van der Waals surface area contributed by atoms with Crippen molar-refractivity contribution in [3.63, 3.8) is 0 Å². The van der Waals surface area contributed by atoms with Gasteiger partial charge < -0.3 is 14.7 Å². The number of amides is 3. The van der Waals surface area contributed by atoms with E-state index in [1.807, 2.05) is 27.3 Å². The molecule has 6 nitrogen and oxygen atoms in total. The maximum absolute atomic E-state index is 13.0. The Morgan fingerprint density at radius 3 is 2.74 bits per heavy atom. The van der Waals surface area contributed by atoms with E-state index in [1.54, 1.807) is 16.2 Å². The molecule has 3 amide bonds. The summed E-state index contributed by atoms with van der Waals surface area (Å²) in [6.07, 6.45) is 1.62. The molecule has 0 aromatic carbocycles. The van der Waals surface area contributed by atoms with Crippen LogP contribution in [0.5, 0.6) is 0 Å². The minimum atomic E-state index is -0.285. The van der Waals surface area contributed by atoms with Gasteiger partial charge in [0.1, 0.15) is 0 Å². The fraction of sp³-hybridized carbons (Fsp3) is 0.550. The zero-order chi connectivity index (χ0) is 19.6. The SMILES string of the molecule is C=CC(=O)N1CCN(C(=O)C2CC(=O)N(Cc3cccs3)C2)C[C@@H]1C(C)C. The molecule has 0 spiro atoms. The van der Waals surface area contributed by atoms with Crippen molar-refractivity contribution in [2.45, 2.75) is 32.9 Å². The van der Waals surface area contributed by atoms with Crippen molar-refractivity contribution in [1.29, 1.82) is 0 Å². The molecule has 2 fully saturated rings. The van der Waals surface area contributed by atoms with Crippen molar-refractivity contribution in [2.24, 2.45) is 11.8 Å². The summed E-state index contributed by atoms with van der Waals surface area (Å²) in [6, 6.07) is 3.96. The molecule has 2 aliphatic heterocycles. The molecule has 2 atom stereocenters. The maximum Gasteiger partial charge on any atom is 0.246 e. The van der Waals surface area contributed by atoms with Gasteiger partial charge in [0, 0.05) is 37.5 Å². The van der Waals surface area contributed by atoms with Crippen LogP contribution in [-0.2, 0) is 20.9 Å². The summed E-state index contributed by atoms with van der Waals surface area (Å²) in [4.78, 5) is 44.0. The fourth-order valence-electron chi connectivity index (χ4n) is 3.91. The predicted molar refractivity (Wildman–Crippen MR) is 105 cm³/mol. The number of carbonyl (C=O) groups excluding carboxylic acids is 3. The first-order valence-electron chi connectivity index (χ1n) is 9.42. The third kappa shape index (κ3) is 4.24. The lowest BCUT2D eigenvalue weighted by molar-refractivity contribution is -0.144. The van der Waals surface area contributed by atoms with Crippen molar-refractivity contribution in [3.05, 3.63) is 35.0 Å². The first-order valence-corrected chi connectivity index (χ1v) is 10.3. The number of likely N-dealkylation sites (tertiary alicyclic amines) is 1. The molecule has 2 saturated heterocycles. The Balaban J connectivity index is 1.63. The highest BCUT2D eigenvalue weighted by Gasteiger charge is 2.40. The second-order valence-corrected chi connectivity index (χ2v) is 8.62. The molecule has 2 aliphatic rings. The van der Waals surface area contributed by atoms with Gasteiger partial charge in [0.25, 0.3) is 0 Å². The zero-order valence-electron chi connectivity index (χ0n) is 16.0. The van der Waals surface area contributed by atoms with Gasteiger partial charge in [-0.3, -0.25) is 14.4 Å². The molecule has 0 N–H and O–H groups in total. The Morgan fingerprint density at radius 2 is 2.11 bits per heavy atom. The van der Waals surface area contributed by atoms with Crippen LogP contribution >= 0.6 is 11.3 Å². The fourth-order valence-corrected chi connectivity index (χ4v) is 4.63. The molecule has 0 saturated carbocycles. The minimum Gasteiger partial charge on any atom is -0.339 e. The van der Waals surface area contributed by atoms with Crippen molar-refractivity contribution in [1.82, 2.24) is 14.7 Å². The highest BCUT2D eigenvalue weighted by molar-refractivity contribution is 7.09. The smallest absolute Gasteiger partial charge is 0.246 e. The Hall–Kier alpha value is -2.15. The number of rotatable bonds is 5. The maximum atomic E-state index is 13.0. The Kier molecular flexibility index (Phi) is 5.99. The summed E-state index contributed by atoms with van der Waals surface area (Å²) in [6.45, 7) is 10.3. The summed E-state index contributed by atoms with van der Waals surface area (Å²) < 4.78 is 0. The van der Waals surface area contributed by atoms with Gasteiger partial charge in [-0.2, -0.15) is 0 Å². The second-order valence-electron chi connectivity index (χ2n) is 7.59. The van der Waals surface area contributed by atoms with Crippen LogP contribution in [0, 0.1) is 11.8 Å². The third-order valence-corrected chi connectivity index (χ3v) is 6.31. The highest BCUT2D eigenvalue weighted by Crippen LogP contribution is 2.26. The number of hydrogen-bond acceptors (Lipinski definition) is 4. The van der Waals surface area contributed by atoms with Crippen molar-refractivity contribution >= 4 is 29.1 Å². The van der Waals surface area contributed by atoms with E-state index in [0.717, 1.165) is 4.88 Å². The summed E-state index contributed by atoms with van der Waals surface area (Å²) >= 11 is 1.62. The van der Waals surface area contributed by atoms with Gasteiger partial charge in [-0.25, -0.2) is 0 Å². The van der Waals surface area contributed by atoms with E-state index in [-0.39, 0.29) is 42.0 Å². The van der Waals surface area contributed by atoms with Crippen molar-refractivity contribution in [3.8, 4) is 0 Å². The van der Waals surface area contributed by atoms with Crippen LogP contribution < -0.4 is 0 Å². The normalized spacial score (nSPS) is 23.2. The number of piperazine rings is 1. The van der Waals surface area contributed by atoms with E-state index in [1.165, 1.54) is 6.08 Å². The Morgan fingerprint density at radius 1 is 1.33 bits per heavy atom. The molecule has 0 aliphatic carbocycles. The van der Waals surface area contributed by atoms with E-state index in [9.17, 15) is 14.4 Å². The lowest BCUT2D eigenvalue weighted by atomic mass is 9.97. The number of hydrogen-bond donors (Lipinski definition) is 0. The average molecular weight is 390 g/mol. The van der Waals surface area contributed by atoms with Gasteiger partial charge in [0.2, 0.25) is 17.7 Å². The molecular weight excluding hydrogens is 362 g/mol. The molecule has 0 bridgehead atoms. The van der Waals surface area contributed by atoms with E-state index < -0.39 is 0 Å². The summed E-state index contributed by atoms with van der Waals surface area (Å²) in [5, 5.41) is 1.99. The van der Waals surface area contributed by atoms with Gasteiger partial charge in [0.05, 0.1) is 18.5 Å². The van der Waals surface area contributed by atoms with Gasteiger partial charge in [-0.15, -0.1) is 11.3 Å². The molecule has 3 rings (SSSR count). The number of nitrogens with zero attached hydrogens (tertiary/aromatic N) is 3. The Labute approximate surface area is 164 Å². The lowest BCUT2D eigenvalue weighted by Gasteiger charge is -2.43. The lowest BCUT2D eigenvalue weighted by Crippen LogP contribution is -2.59. The van der Waals surface area contributed by atoms with Crippen LogP contribution in [0.15, 0.2) is 30.2 Å². The van der Waals surface area contributed by atoms with E-state index in [4.69, 9.17) is 0 Å². The van der Waals surface area contributed by atoms with E-state index in [0.29, 0.717) is 32.7 Å². The highest BCUT2D eigenvalue weighted by atomic mass is 32.1. The first-order chi connectivity index (χ1) is 12.9. The van der Waals surface area contributed by atoms with Gasteiger partial charge in [0.15, 0.2) is 0 Å². The predicted octanol–water partition coefficient (Wildman–Crippen LogP) is 1.98. The number of carbonyl (C=O) groups is 3. The molecule has 0 radical (unpaired) electrons. The molecule has 146 valence electrons. The molecule has 27 heavy (non-hydrogen) atoms. The van der Waals surface area contributed by atoms with Gasteiger partial charge >= 0.3 is 0 Å². The Bertz CT molecular complexity index is 716. The van der Waals surface area contributed by atoms with Gasteiger partial charge in [-0.05, 0) is 23.4 Å². The number of thiophene rings is 1. The van der Waals surface area contributed by atoms with Crippen LogP contribution in [0.3, 0.4) is 0 Å². The molecule has 7 heteroatoms. The average Bonchev–Trinajstić information content (AvgIpc) is 3.30. The molecule has 1 unspecified atom stereocenters. The largest absolute Gasteiger partial charge is 0.339 e. The van der Waals surface area contributed by atoms with Crippen LogP contribution in [0.25, 0.3) is 0 Å². The standard InChI is InChI=1S/C20H27N3O3S/c1-4-18(24)23-8-7-21(13-17(23)14(2)3)20(26)15-10-19(25)22(11-15)12-16-6-5-9-27-16/h4-6,9,14-15,17H,1,7-8,10-13H2,2-3H3/t15?,17-/m1/s1. The van der Waals surface area contributed by atoms with Gasteiger partial charge in [-0.1, -0.05) is 26.5 Å². The summed E-state index contributed by atoms with van der Waals surface area (Å²) in [5.41, 5.74) is 0. The quantitative estimate of drug-likeness (QED) is 0.724. The first kappa shape index (κ1) is 19.6. The van der Waals surface area contributed by atoms with Crippen molar-refractivity contribution < 1.29 is 14.4 Å². The van der Waals surface area contributed by atoms with Crippen LogP contribution in [0.4, 0.5) is 0 Å². The van der Waals surface area contributed by atoms with E-state index in [2.05, 4.69) is 20.4 Å². The zero-order valence-corrected chi connectivity index (χ0v) is 16.8. The molecule has 3 heterocycles. The third-order valence-electron chi connectivity index (χ3n) is 5.45. The summed E-state index contributed by atoms with van der Waals surface area (Å²) in [5.74, 6) is -0.0491. The van der Waals surface area contributed by atoms with E-state index >= 15 is 0 Å². The monoisotopic (exact) mass is 389 g/mol. The molecular formula is C20H27N3O3S. The van der Waals surface area contributed by atoms with Crippen LogP contribution in [0.1, 0.15) is 25.1 Å². The molecule has 1 aromatic heterocycles. The second kappa shape index (κ2) is 8.25. The van der Waals surface area contributed by atoms with Crippen LogP contribution in [-0.4, -0.2) is 64.6 Å². The van der Waals surface area contributed by atoms with Crippen LogP contribution in [0.2, 0.25) is 0 Å². The van der Waals surface area contributed by atoms with Crippen molar-refractivity contribution in [2.75, 3.05) is 26.2 Å². The summed E-state index contributed by atoms with van der Waals surface area (Å²) in [7, 11) is 0. The molecule has 1 aromatic rings. The minimum absolute atomic E-state index is 0.0208.